The Morgan fingerprint density at radius 2 is 1.71 bits per heavy atom. The van der Waals surface area contributed by atoms with Gasteiger partial charge in [0.2, 0.25) is 10.0 Å². The number of hydrogen-bond acceptors (Lipinski definition) is 5. The minimum absolute atomic E-state index is 0.0463. The minimum atomic E-state index is -3.55. The fourth-order valence-electron chi connectivity index (χ4n) is 3.25. The number of para-hydroxylation sites is 1. The molecule has 148 valence electrons. The maximum absolute atomic E-state index is 12.7. The third-order valence-electron chi connectivity index (χ3n) is 4.73. The van der Waals surface area contributed by atoms with Gasteiger partial charge in [-0.1, -0.05) is 18.6 Å². The van der Waals surface area contributed by atoms with E-state index < -0.39 is 20.9 Å². The van der Waals surface area contributed by atoms with E-state index in [2.05, 4.69) is 5.32 Å². The number of nitrogens with zero attached hydrogens (tertiary/aromatic N) is 2. The van der Waals surface area contributed by atoms with Gasteiger partial charge in [-0.25, -0.2) is 8.42 Å². The van der Waals surface area contributed by atoms with Crippen LogP contribution in [0, 0.1) is 17.0 Å². The Morgan fingerprint density at radius 1 is 1.07 bits per heavy atom. The summed E-state index contributed by atoms with van der Waals surface area (Å²) < 4.78 is 26.8. The molecule has 0 aromatic heterocycles. The Balaban J connectivity index is 1.79. The summed E-state index contributed by atoms with van der Waals surface area (Å²) in [6.45, 7) is 2.59. The number of benzene rings is 2. The van der Waals surface area contributed by atoms with E-state index in [1.165, 1.54) is 34.6 Å². The van der Waals surface area contributed by atoms with Gasteiger partial charge in [0.1, 0.15) is 5.56 Å². The lowest BCUT2D eigenvalue weighted by atomic mass is 10.1. The zero-order valence-corrected chi connectivity index (χ0v) is 16.2. The number of nitro groups is 1. The fraction of sp³-hybridized carbons (Fsp3) is 0.316. The van der Waals surface area contributed by atoms with Crippen molar-refractivity contribution in [2.75, 3.05) is 18.4 Å². The second-order valence-corrected chi connectivity index (χ2v) is 8.61. The average Bonchev–Trinajstić information content (AvgIpc) is 2.68. The standard InChI is InChI=1S/C19H21N3O5S/c1-14-6-5-7-17(18(14)22(24)25)19(23)20-15-8-10-16(11-9-15)28(26,27)21-12-3-2-4-13-21/h5-11H,2-4,12-13H2,1H3,(H,20,23). The molecule has 1 N–H and O–H groups in total. The molecule has 0 radical (unpaired) electrons. The van der Waals surface area contributed by atoms with E-state index in [1.54, 1.807) is 19.1 Å². The van der Waals surface area contributed by atoms with Gasteiger partial charge in [0, 0.05) is 24.3 Å². The predicted octanol–water partition coefficient (Wildman–Crippen LogP) is 3.33. The summed E-state index contributed by atoms with van der Waals surface area (Å²) in [5.41, 5.74) is 0.457. The summed E-state index contributed by atoms with van der Waals surface area (Å²) in [6.07, 6.45) is 2.73. The minimum Gasteiger partial charge on any atom is -0.322 e. The maximum atomic E-state index is 12.7. The van der Waals surface area contributed by atoms with Crippen molar-refractivity contribution in [1.82, 2.24) is 4.31 Å². The molecule has 1 aliphatic heterocycles. The summed E-state index contributed by atoms with van der Waals surface area (Å²) in [5, 5.41) is 13.8. The lowest BCUT2D eigenvalue weighted by Gasteiger charge is -2.25. The highest BCUT2D eigenvalue weighted by Crippen LogP contribution is 2.25. The fourth-order valence-corrected chi connectivity index (χ4v) is 4.76. The third-order valence-corrected chi connectivity index (χ3v) is 6.64. The third kappa shape index (κ3) is 4.05. The van der Waals surface area contributed by atoms with Crippen LogP contribution in [0.2, 0.25) is 0 Å². The van der Waals surface area contributed by atoms with E-state index in [0.29, 0.717) is 24.3 Å². The normalized spacial score (nSPS) is 15.2. The molecule has 8 nitrogen and oxygen atoms in total. The van der Waals surface area contributed by atoms with Crippen LogP contribution >= 0.6 is 0 Å². The maximum Gasteiger partial charge on any atom is 0.285 e. The molecule has 0 atom stereocenters. The largest absolute Gasteiger partial charge is 0.322 e. The number of amides is 1. The first kappa shape index (κ1) is 20.0. The smallest absolute Gasteiger partial charge is 0.285 e. The first-order valence-electron chi connectivity index (χ1n) is 8.96. The Kier molecular flexibility index (Phi) is 5.76. The molecule has 1 fully saturated rings. The van der Waals surface area contributed by atoms with Crippen LogP contribution in [0.25, 0.3) is 0 Å². The molecule has 0 unspecified atom stereocenters. The average molecular weight is 403 g/mol. The van der Waals surface area contributed by atoms with Crippen molar-refractivity contribution in [1.29, 1.82) is 0 Å². The molecule has 0 aliphatic carbocycles. The monoisotopic (exact) mass is 403 g/mol. The first-order chi connectivity index (χ1) is 13.3. The highest BCUT2D eigenvalue weighted by atomic mass is 32.2. The van der Waals surface area contributed by atoms with Crippen molar-refractivity contribution in [3.63, 3.8) is 0 Å². The van der Waals surface area contributed by atoms with Crippen molar-refractivity contribution in [3.05, 3.63) is 63.7 Å². The Labute approximate surface area is 163 Å². The highest BCUT2D eigenvalue weighted by molar-refractivity contribution is 7.89. The van der Waals surface area contributed by atoms with Crippen molar-refractivity contribution in [3.8, 4) is 0 Å². The molecule has 9 heteroatoms. The summed E-state index contributed by atoms with van der Waals surface area (Å²) in [4.78, 5) is 23.3. The number of nitrogens with one attached hydrogen (secondary N) is 1. The molecule has 0 saturated carbocycles. The van der Waals surface area contributed by atoms with Gasteiger partial charge in [0.25, 0.3) is 11.6 Å². The van der Waals surface area contributed by atoms with E-state index in [1.807, 2.05) is 0 Å². The summed E-state index contributed by atoms with van der Waals surface area (Å²) in [7, 11) is -3.55. The van der Waals surface area contributed by atoms with Gasteiger partial charge in [-0.3, -0.25) is 14.9 Å². The number of piperidine rings is 1. The number of nitro benzene ring substituents is 1. The van der Waals surface area contributed by atoms with Crippen LogP contribution in [0.1, 0.15) is 35.2 Å². The zero-order chi connectivity index (χ0) is 20.3. The number of carbonyl (C=O) groups is 1. The summed E-state index contributed by atoms with van der Waals surface area (Å²) >= 11 is 0. The van der Waals surface area contributed by atoms with Gasteiger partial charge in [-0.2, -0.15) is 4.31 Å². The molecular weight excluding hydrogens is 382 g/mol. The lowest BCUT2D eigenvalue weighted by molar-refractivity contribution is -0.385. The molecule has 2 aromatic carbocycles. The van der Waals surface area contributed by atoms with Crippen LogP contribution in [0.15, 0.2) is 47.4 Å². The first-order valence-corrected chi connectivity index (χ1v) is 10.4. The number of rotatable bonds is 5. The van der Waals surface area contributed by atoms with Gasteiger partial charge in [-0.05, 0) is 50.1 Å². The molecule has 1 heterocycles. The molecule has 3 rings (SSSR count). The van der Waals surface area contributed by atoms with Crippen LogP contribution in [-0.4, -0.2) is 36.6 Å². The molecule has 0 bridgehead atoms. The van der Waals surface area contributed by atoms with Gasteiger partial charge in [0.05, 0.1) is 9.82 Å². The molecule has 1 aliphatic rings. The number of carbonyl (C=O) groups excluding carboxylic acids is 1. The molecule has 0 spiro atoms. The van der Waals surface area contributed by atoms with Crippen LogP contribution in [0.4, 0.5) is 11.4 Å². The number of sulfonamides is 1. The number of hydrogen-bond donors (Lipinski definition) is 1. The lowest BCUT2D eigenvalue weighted by Crippen LogP contribution is -2.35. The quantitative estimate of drug-likeness (QED) is 0.608. The van der Waals surface area contributed by atoms with E-state index in [4.69, 9.17) is 0 Å². The van der Waals surface area contributed by atoms with Crippen LogP contribution in [0.5, 0.6) is 0 Å². The summed E-state index contributed by atoms with van der Waals surface area (Å²) in [5.74, 6) is -0.623. The highest BCUT2D eigenvalue weighted by Gasteiger charge is 2.26. The zero-order valence-electron chi connectivity index (χ0n) is 15.4. The molecule has 1 amide bonds. The predicted molar refractivity (Wildman–Crippen MR) is 105 cm³/mol. The second-order valence-electron chi connectivity index (χ2n) is 6.67. The second kappa shape index (κ2) is 8.07. The van der Waals surface area contributed by atoms with E-state index in [0.717, 1.165) is 19.3 Å². The van der Waals surface area contributed by atoms with E-state index >= 15 is 0 Å². The SMILES string of the molecule is Cc1cccc(C(=O)Nc2ccc(S(=O)(=O)N3CCCCC3)cc2)c1[N+](=O)[O-]. The van der Waals surface area contributed by atoms with E-state index in [-0.39, 0.29) is 16.1 Å². The van der Waals surface area contributed by atoms with Gasteiger partial charge < -0.3 is 5.32 Å². The van der Waals surface area contributed by atoms with Crippen LogP contribution in [-0.2, 0) is 10.0 Å². The van der Waals surface area contributed by atoms with Crippen molar-refractivity contribution < 1.29 is 18.1 Å². The Hall–Kier alpha value is -2.78. The van der Waals surface area contributed by atoms with Crippen molar-refractivity contribution in [2.45, 2.75) is 31.1 Å². The van der Waals surface area contributed by atoms with E-state index in [9.17, 15) is 23.3 Å². The molecule has 2 aromatic rings. The van der Waals surface area contributed by atoms with Gasteiger partial charge >= 0.3 is 0 Å². The van der Waals surface area contributed by atoms with Gasteiger partial charge in [0.15, 0.2) is 0 Å². The number of aryl methyl sites for hydroxylation is 1. The molecule has 28 heavy (non-hydrogen) atoms. The van der Waals surface area contributed by atoms with Crippen molar-refractivity contribution in [2.24, 2.45) is 0 Å². The number of anilines is 1. The molecule has 1 saturated heterocycles. The van der Waals surface area contributed by atoms with Crippen molar-refractivity contribution >= 4 is 27.3 Å². The van der Waals surface area contributed by atoms with Crippen LogP contribution in [0.3, 0.4) is 0 Å². The topological polar surface area (TPSA) is 110 Å². The molecular formula is C19H21N3O5S. The van der Waals surface area contributed by atoms with Crippen LogP contribution < -0.4 is 5.32 Å². The summed E-state index contributed by atoms with van der Waals surface area (Å²) in [6, 6.07) is 10.4. The Bertz CT molecular complexity index is 997. The Morgan fingerprint density at radius 3 is 2.32 bits per heavy atom. The van der Waals surface area contributed by atoms with Gasteiger partial charge in [-0.15, -0.1) is 0 Å².